The van der Waals surface area contributed by atoms with Gasteiger partial charge in [0.25, 0.3) is 0 Å². The Bertz CT molecular complexity index is 1080. The van der Waals surface area contributed by atoms with Crippen LogP contribution in [-0.2, 0) is 10.0 Å². The Labute approximate surface area is 196 Å². The van der Waals surface area contributed by atoms with Crippen molar-refractivity contribution in [2.75, 3.05) is 32.7 Å². The molecule has 178 valence electrons. The summed E-state index contributed by atoms with van der Waals surface area (Å²) < 4.78 is 28.5. The van der Waals surface area contributed by atoms with E-state index in [0.717, 1.165) is 41.9 Å². The van der Waals surface area contributed by atoms with Crippen molar-refractivity contribution < 1.29 is 18.3 Å². The molecular formula is C25H33N3O4S. The number of hydrogen-bond acceptors (Lipinski definition) is 4. The van der Waals surface area contributed by atoms with Crippen molar-refractivity contribution in [2.45, 2.75) is 38.1 Å². The number of carbonyl (C=O) groups is 1. The second-order valence-electron chi connectivity index (χ2n) is 9.53. The highest BCUT2D eigenvalue weighted by Gasteiger charge is 2.44. The molecule has 0 saturated carbocycles. The van der Waals surface area contributed by atoms with Crippen LogP contribution in [0.5, 0.6) is 0 Å². The molecule has 4 rings (SSSR count). The van der Waals surface area contributed by atoms with Crippen molar-refractivity contribution in [3.63, 3.8) is 0 Å². The fourth-order valence-corrected chi connectivity index (χ4v) is 7.56. The molecule has 2 saturated heterocycles. The summed E-state index contributed by atoms with van der Waals surface area (Å²) in [5.74, 6) is 0.627. The molecule has 0 aromatic heterocycles. The van der Waals surface area contributed by atoms with Crippen molar-refractivity contribution in [1.29, 1.82) is 0 Å². The molecule has 2 heterocycles. The van der Waals surface area contributed by atoms with Gasteiger partial charge in [0.15, 0.2) is 0 Å². The largest absolute Gasteiger partial charge is 0.465 e. The molecule has 2 N–H and O–H groups in total. The smallest absolute Gasteiger partial charge is 0.405 e. The molecule has 8 heteroatoms. The molecule has 2 aromatic carbocycles. The lowest BCUT2D eigenvalue weighted by molar-refractivity contribution is 0.187. The predicted octanol–water partition coefficient (Wildman–Crippen LogP) is 3.56. The van der Waals surface area contributed by atoms with Gasteiger partial charge in [-0.25, -0.2) is 13.2 Å². The standard InChI is InChI=1S/C25H33N3O4S/c1-17-11-18(2)24(19(3)12-17)33(31,32)28-15-21-13-27(14-22(21)16-28)10-9-23(26-25(29)30)20-7-5-4-6-8-20/h4-8,11-12,21-23,26H,9-10,13-16H2,1-3H3,(H,29,30)/t21-,22?,23?/m0/s1. The van der Waals surface area contributed by atoms with Crippen LogP contribution in [0.2, 0.25) is 0 Å². The monoisotopic (exact) mass is 471 g/mol. The molecule has 0 radical (unpaired) electrons. The number of carboxylic acid groups (broad SMARTS) is 1. The van der Waals surface area contributed by atoms with Crippen LogP contribution in [0.15, 0.2) is 47.4 Å². The van der Waals surface area contributed by atoms with E-state index in [1.165, 1.54) is 0 Å². The summed E-state index contributed by atoms with van der Waals surface area (Å²) in [6.45, 7) is 9.29. The SMILES string of the molecule is Cc1cc(C)c(S(=O)(=O)N2CC3CN(CCC(NC(=O)O)c4ccccc4)C[C@H]3C2)c(C)c1. The lowest BCUT2D eigenvalue weighted by Crippen LogP contribution is -2.35. The van der Waals surface area contributed by atoms with Crippen molar-refractivity contribution >= 4 is 16.1 Å². The molecule has 2 aromatic rings. The average Bonchev–Trinajstić information content (AvgIpc) is 3.30. The van der Waals surface area contributed by atoms with Crippen LogP contribution in [0.25, 0.3) is 0 Å². The number of nitrogens with zero attached hydrogens (tertiary/aromatic N) is 2. The molecular weight excluding hydrogens is 438 g/mol. The molecule has 1 amide bonds. The summed E-state index contributed by atoms with van der Waals surface area (Å²) >= 11 is 0. The number of sulfonamides is 1. The maximum absolute atomic E-state index is 13.4. The number of benzene rings is 2. The lowest BCUT2D eigenvalue weighted by Gasteiger charge is -2.24. The minimum atomic E-state index is -3.51. The van der Waals surface area contributed by atoms with Gasteiger partial charge < -0.3 is 15.3 Å². The Balaban J connectivity index is 1.38. The van der Waals surface area contributed by atoms with E-state index in [4.69, 9.17) is 0 Å². The molecule has 0 bridgehead atoms. The van der Waals surface area contributed by atoms with E-state index in [2.05, 4.69) is 10.2 Å². The van der Waals surface area contributed by atoms with Gasteiger partial charge in [-0.05, 0) is 55.7 Å². The first-order chi connectivity index (χ1) is 15.6. The second-order valence-corrected chi connectivity index (χ2v) is 11.4. The quantitative estimate of drug-likeness (QED) is 0.644. The van der Waals surface area contributed by atoms with E-state index >= 15 is 0 Å². The number of likely N-dealkylation sites (tertiary alicyclic amines) is 1. The van der Waals surface area contributed by atoms with Gasteiger partial charge in [-0.3, -0.25) is 0 Å². The molecule has 0 aliphatic carbocycles. The molecule has 33 heavy (non-hydrogen) atoms. The first-order valence-electron chi connectivity index (χ1n) is 11.5. The predicted molar refractivity (Wildman–Crippen MR) is 128 cm³/mol. The van der Waals surface area contributed by atoms with Crippen LogP contribution in [0.3, 0.4) is 0 Å². The minimum Gasteiger partial charge on any atom is -0.465 e. The highest BCUT2D eigenvalue weighted by molar-refractivity contribution is 7.89. The van der Waals surface area contributed by atoms with E-state index in [1.807, 2.05) is 63.2 Å². The summed E-state index contributed by atoms with van der Waals surface area (Å²) in [6.07, 6.45) is -0.343. The normalized spacial score (nSPS) is 22.3. The van der Waals surface area contributed by atoms with E-state index < -0.39 is 16.1 Å². The Kier molecular flexibility index (Phi) is 6.79. The van der Waals surface area contributed by atoms with Gasteiger partial charge in [0, 0.05) is 32.7 Å². The van der Waals surface area contributed by atoms with Crippen LogP contribution in [0.1, 0.15) is 34.7 Å². The van der Waals surface area contributed by atoms with Gasteiger partial charge in [-0.15, -0.1) is 0 Å². The number of fused-ring (bicyclic) bond motifs is 1. The summed E-state index contributed by atoms with van der Waals surface area (Å²) in [5.41, 5.74) is 3.65. The summed E-state index contributed by atoms with van der Waals surface area (Å²) in [5, 5.41) is 11.9. The molecule has 2 aliphatic rings. The zero-order valence-electron chi connectivity index (χ0n) is 19.5. The number of rotatable bonds is 7. The van der Waals surface area contributed by atoms with Crippen LogP contribution in [0, 0.1) is 32.6 Å². The summed E-state index contributed by atoms with van der Waals surface area (Å²) in [6, 6.07) is 13.3. The third kappa shape index (κ3) is 5.08. The highest BCUT2D eigenvalue weighted by atomic mass is 32.2. The van der Waals surface area contributed by atoms with Gasteiger partial charge in [0.05, 0.1) is 10.9 Å². The summed E-state index contributed by atoms with van der Waals surface area (Å²) in [4.78, 5) is 14.1. The van der Waals surface area contributed by atoms with Crippen LogP contribution in [0.4, 0.5) is 4.79 Å². The van der Waals surface area contributed by atoms with E-state index in [0.29, 0.717) is 36.2 Å². The Hall–Kier alpha value is -2.42. The molecule has 7 nitrogen and oxygen atoms in total. The topological polar surface area (TPSA) is 90.0 Å². The fourth-order valence-electron chi connectivity index (χ4n) is 5.60. The lowest BCUT2D eigenvalue weighted by atomic mass is 10.0. The summed E-state index contributed by atoms with van der Waals surface area (Å²) in [7, 11) is -3.51. The molecule has 2 aliphatic heterocycles. The third-order valence-corrected chi connectivity index (χ3v) is 9.10. The van der Waals surface area contributed by atoms with Crippen molar-refractivity contribution in [3.05, 3.63) is 64.7 Å². The molecule has 0 spiro atoms. The van der Waals surface area contributed by atoms with E-state index in [1.54, 1.807) is 4.31 Å². The van der Waals surface area contributed by atoms with Gasteiger partial charge in [-0.2, -0.15) is 4.31 Å². The van der Waals surface area contributed by atoms with E-state index in [-0.39, 0.29) is 6.04 Å². The van der Waals surface area contributed by atoms with Crippen molar-refractivity contribution in [1.82, 2.24) is 14.5 Å². The zero-order chi connectivity index (χ0) is 23.8. The van der Waals surface area contributed by atoms with Gasteiger partial charge in [-0.1, -0.05) is 48.0 Å². The van der Waals surface area contributed by atoms with Crippen LogP contribution < -0.4 is 5.32 Å². The van der Waals surface area contributed by atoms with Crippen LogP contribution in [-0.4, -0.2) is 61.5 Å². The average molecular weight is 472 g/mol. The van der Waals surface area contributed by atoms with Gasteiger partial charge in [0.2, 0.25) is 10.0 Å². The number of nitrogens with one attached hydrogen (secondary N) is 1. The first kappa shape index (κ1) is 23.7. The molecule has 2 unspecified atom stereocenters. The zero-order valence-corrected chi connectivity index (χ0v) is 20.3. The fraction of sp³-hybridized carbons (Fsp3) is 0.480. The Morgan fingerprint density at radius 2 is 1.61 bits per heavy atom. The van der Waals surface area contributed by atoms with Crippen molar-refractivity contribution in [2.24, 2.45) is 11.8 Å². The molecule has 2 fully saturated rings. The van der Waals surface area contributed by atoms with Gasteiger partial charge >= 0.3 is 6.09 Å². The van der Waals surface area contributed by atoms with Gasteiger partial charge in [0.1, 0.15) is 0 Å². The third-order valence-electron chi connectivity index (χ3n) is 6.96. The number of amides is 1. The first-order valence-corrected chi connectivity index (χ1v) is 12.9. The van der Waals surface area contributed by atoms with Crippen LogP contribution >= 0.6 is 0 Å². The Morgan fingerprint density at radius 1 is 1.03 bits per heavy atom. The highest BCUT2D eigenvalue weighted by Crippen LogP contribution is 2.36. The second kappa shape index (κ2) is 9.44. The maximum atomic E-state index is 13.4. The molecule has 3 atom stereocenters. The number of hydrogen-bond donors (Lipinski definition) is 2. The van der Waals surface area contributed by atoms with E-state index in [9.17, 15) is 18.3 Å². The number of aryl methyl sites for hydroxylation is 3. The van der Waals surface area contributed by atoms with Crippen molar-refractivity contribution in [3.8, 4) is 0 Å². The Morgan fingerprint density at radius 3 is 2.15 bits per heavy atom. The minimum absolute atomic E-state index is 0.256. The maximum Gasteiger partial charge on any atom is 0.405 e.